The number of sulfonamides is 1. The van der Waals surface area contributed by atoms with Gasteiger partial charge in [-0.15, -0.1) is 0 Å². The van der Waals surface area contributed by atoms with Gasteiger partial charge in [0.25, 0.3) is 0 Å². The number of rotatable bonds is 5. The molecule has 2 aliphatic rings. The lowest BCUT2D eigenvalue weighted by atomic mass is 9.91. The van der Waals surface area contributed by atoms with Crippen molar-refractivity contribution in [3.63, 3.8) is 0 Å². The Kier molecular flexibility index (Phi) is 5.04. The molecule has 1 N–H and O–H groups in total. The lowest BCUT2D eigenvalue weighted by Crippen LogP contribution is -2.43. The molecule has 5 heteroatoms. The van der Waals surface area contributed by atoms with E-state index in [1.807, 2.05) is 6.92 Å². The van der Waals surface area contributed by atoms with Gasteiger partial charge in [-0.3, -0.25) is 0 Å². The third kappa shape index (κ3) is 3.45. The van der Waals surface area contributed by atoms with Crippen LogP contribution < -0.4 is 5.32 Å². The number of nitrogens with one attached hydrogen (secondary N) is 1. The van der Waals surface area contributed by atoms with E-state index in [0.29, 0.717) is 18.2 Å². The summed E-state index contributed by atoms with van der Waals surface area (Å²) < 4.78 is 26.8. The summed E-state index contributed by atoms with van der Waals surface area (Å²) >= 11 is 0. The predicted molar refractivity (Wildman–Crippen MR) is 74.0 cm³/mol. The zero-order chi connectivity index (χ0) is 13.0. The molecule has 0 spiro atoms. The monoisotopic (exact) mass is 274 g/mol. The summed E-state index contributed by atoms with van der Waals surface area (Å²) in [5.41, 5.74) is 0. The Hall–Kier alpha value is -0.130. The molecule has 2 rings (SSSR count). The van der Waals surface area contributed by atoms with Gasteiger partial charge in [0.05, 0.1) is 5.75 Å². The Morgan fingerprint density at radius 3 is 2.44 bits per heavy atom. The first kappa shape index (κ1) is 14.3. The van der Waals surface area contributed by atoms with E-state index in [1.165, 1.54) is 19.3 Å². The summed E-state index contributed by atoms with van der Waals surface area (Å²) in [6.07, 6.45) is 6.84. The Bertz CT molecular complexity index is 344. The van der Waals surface area contributed by atoms with Crippen molar-refractivity contribution >= 4 is 10.0 Å². The highest BCUT2D eigenvalue weighted by Gasteiger charge is 2.32. The molecular formula is C13H26N2O2S. The predicted octanol–water partition coefficient (Wildman–Crippen LogP) is 1.58. The molecular weight excluding hydrogens is 248 g/mol. The van der Waals surface area contributed by atoms with Gasteiger partial charge in [0.1, 0.15) is 0 Å². The topological polar surface area (TPSA) is 49.4 Å². The van der Waals surface area contributed by atoms with Gasteiger partial charge >= 0.3 is 0 Å². The normalized spacial score (nSPS) is 26.9. The highest BCUT2D eigenvalue weighted by molar-refractivity contribution is 7.89. The molecule has 18 heavy (non-hydrogen) atoms. The van der Waals surface area contributed by atoms with Crippen LogP contribution in [-0.2, 0) is 10.0 Å². The van der Waals surface area contributed by atoms with Crippen molar-refractivity contribution in [2.45, 2.75) is 51.5 Å². The molecule has 106 valence electrons. The smallest absolute Gasteiger partial charge is 0.214 e. The molecule has 1 saturated heterocycles. The SMILES string of the molecule is CCN(C1CCNC1)S(=O)(=O)CC1CCCCC1. The second-order valence-electron chi connectivity index (χ2n) is 5.63. The van der Waals surface area contributed by atoms with Gasteiger partial charge in [0, 0.05) is 19.1 Å². The van der Waals surface area contributed by atoms with Crippen molar-refractivity contribution in [2.75, 3.05) is 25.4 Å². The van der Waals surface area contributed by atoms with Crippen LogP contribution >= 0.6 is 0 Å². The summed E-state index contributed by atoms with van der Waals surface area (Å²) in [6, 6.07) is 0.184. The highest BCUT2D eigenvalue weighted by Crippen LogP contribution is 2.26. The molecule has 4 nitrogen and oxygen atoms in total. The van der Waals surface area contributed by atoms with E-state index >= 15 is 0 Å². The van der Waals surface area contributed by atoms with Gasteiger partial charge in [-0.2, -0.15) is 4.31 Å². The van der Waals surface area contributed by atoms with E-state index in [1.54, 1.807) is 4.31 Å². The minimum Gasteiger partial charge on any atom is -0.315 e. The first-order valence-electron chi connectivity index (χ1n) is 7.33. The number of hydrogen-bond donors (Lipinski definition) is 1. The van der Waals surface area contributed by atoms with Crippen LogP contribution in [0.1, 0.15) is 45.4 Å². The third-order valence-electron chi connectivity index (χ3n) is 4.28. The van der Waals surface area contributed by atoms with Crippen LogP contribution in [0.15, 0.2) is 0 Å². The maximum atomic E-state index is 12.5. The maximum absolute atomic E-state index is 12.5. The molecule has 0 aromatic heterocycles. The molecule has 1 aliphatic heterocycles. The molecule has 1 saturated carbocycles. The van der Waals surface area contributed by atoms with Crippen molar-refractivity contribution in [1.29, 1.82) is 0 Å². The summed E-state index contributed by atoms with van der Waals surface area (Å²) in [6.45, 7) is 4.33. The first-order valence-corrected chi connectivity index (χ1v) is 8.94. The lowest BCUT2D eigenvalue weighted by molar-refractivity contribution is 0.333. The van der Waals surface area contributed by atoms with Crippen LogP contribution in [0.25, 0.3) is 0 Å². The van der Waals surface area contributed by atoms with E-state index in [4.69, 9.17) is 0 Å². The Labute approximate surface area is 111 Å². The molecule has 0 aromatic rings. The third-order valence-corrected chi connectivity index (χ3v) is 6.45. The van der Waals surface area contributed by atoms with Crippen LogP contribution in [0.5, 0.6) is 0 Å². The molecule has 1 aliphatic carbocycles. The first-order chi connectivity index (χ1) is 8.63. The fraction of sp³-hybridized carbons (Fsp3) is 1.00. The van der Waals surface area contributed by atoms with E-state index < -0.39 is 10.0 Å². The minimum atomic E-state index is -3.06. The van der Waals surface area contributed by atoms with Crippen molar-refractivity contribution in [3.05, 3.63) is 0 Å². The van der Waals surface area contributed by atoms with Crippen molar-refractivity contribution in [2.24, 2.45) is 5.92 Å². The van der Waals surface area contributed by atoms with E-state index in [0.717, 1.165) is 32.4 Å². The van der Waals surface area contributed by atoms with Crippen molar-refractivity contribution < 1.29 is 8.42 Å². The Morgan fingerprint density at radius 1 is 1.17 bits per heavy atom. The van der Waals surface area contributed by atoms with Gasteiger partial charge in [-0.25, -0.2) is 8.42 Å². The largest absolute Gasteiger partial charge is 0.315 e. The minimum absolute atomic E-state index is 0.184. The van der Waals surface area contributed by atoms with Crippen LogP contribution in [0, 0.1) is 5.92 Å². The number of likely N-dealkylation sites (N-methyl/N-ethyl adjacent to an activating group) is 1. The molecule has 0 bridgehead atoms. The standard InChI is InChI=1S/C13H26N2O2S/c1-2-15(13-8-9-14-10-13)18(16,17)11-12-6-4-3-5-7-12/h12-14H,2-11H2,1H3. The Morgan fingerprint density at radius 2 is 1.89 bits per heavy atom. The van der Waals surface area contributed by atoms with Gasteiger partial charge in [0.2, 0.25) is 10.0 Å². The molecule has 1 atom stereocenters. The van der Waals surface area contributed by atoms with Crippen molar-refractivity contribution in [3.8, 4) is 0 Å². The summed E-state index contributed by atoms with van der Waals surface area (Å²) in [4.78, 5) is 0. The highest BCUT2D eigenvalue weighted by atomic mass is 32.2. The van der Waals surface area contributed by atoms with Crippen LogP contribution in [0.4, 0.5) is 0 Å². The molecule has 1 unspecified atom stereocenters. The van der Waals surface area contributed by atoms with Gasteiger partial charge in [0.15, 0.2) is 0 Å². The summed E-state index contributed by atoms with van der Waals surface area (Å²) in [5.74, 6) is 0.768. The quantitative estimate of drug-likeness (QED) is 0.828. The van der Waals surface area contributed by atoms with Crippen LogP contribution in [-0.4, -0.2) is 44.2 Å². The average Bonchev–Trinajstić information content (AvgIpc) is 2.83. The summed E-state index contributed by atoms with van der Waals surface area (Å²) in [7, 11) is -3.06. The number of nitrogens with zero attached hydrogens (tertiary/aromatic N) is 1. The summed E-state index contributed by atoms with van der Waals surface area (Å²) in [5, 5.41) is 3.26. The molecule has 2 fully saturated rings. The van der Waals surface area contributed by atoms with E-state index in [-0.39, 0.29) is 6.04 Å². The van der Waals surface area contributed by atoms with Crippen molar-refractivity contribution in [1.82, 2.24) is 9.62 Å². The van der Waals surface area contributed by atoms with Crippen LogP contribution in [0.3, 0.4) is 0 Å². The molecule has 0 radical (unpaired) electrons. The Balaban J connectivity index is 1.98. The second kappa shape index (κ2) is 6.35. The number of hydrogen-bond acceptors (Lipinski definition) is 3. The van der Waals surface area contributed by atoms with Gasteiger partial charge in [-0.05, 0) is 31.7 Å². The van der Waals surface area contributed by atoms with E-state index in [2.05, 4.69) is 5.32 Å². The van der Waals surface area contributed by atoms with Gasteiger partial charge < -0.3 is 5.32 Å². The fourth-order valence-corrected chi connectivity index (χ4v) is 5.46. The average molecular weight is 274 g/mol. The molecule has 1 heterocycles. The van der Waals surface area contributed by atoms with E-state index in [9.17, 15) is 8.42 Å². The zero-order valence-electron chi connectivity index (χ0n) is 11.4. The van der Waals surface area contributed by atoms with Gasteiger partial charge in [-0.1, -0.05) is 26.2 Å². The second-order valence-corrected chi connectivity index (χ2v) is 7.60. The maximum Gasteiger partial charge on any atom is 0.214 e. The molecule has 0 aromatic carbocycles. The van der Waals surface area contributed by atoms with Crippen LogP contribution in [0.2, 0.25) is 0 Å². The zero-order valence-corrected chi connectivity index (χ0v) is 12.2. The fourth-order valence-electron chi connectivity index (χ4n) is 3.31. The lowest BCUT2D eigenvalue weighted by Gasteiger charge is -2.29. The molecule has 0 amide bonds.